The van der Waals surface area contributed by atoms with Crippen LogP contribution in [-0.4, -0.2) is 27.6 Å². The standard InChI is InChI=1S/C21H12Cl2FN3O3/c22-15-8-13-14(9-16(15)23)21(30)27(20(13)29)10-11-7-12(24)4-5-17(11)26-19(28)18-3-1-2-6-25-18/h1-9H,10H2,(H,26,28). The summed E-state index contributed by atoms with van der Waals surface area (Å²) < 4.78 is 13.9. The van der Waals surface area contributed by atoms with Gasteiger partial charge in [0.05, 0.1) is 27.7 Å². The molecule has 1 N–H and O–H groups in total. The summed E-state index contributed by atoms with van der Waals surface area (Å²) in [5.41, 5.74) is 0.887. The third-order valence-electron chi connectivity index (χ3n) is 4.55. The predicted octanol–water partition coefficient (Wildman–Crippen LogP) is 4.58. The van der Waals surface area contributed by atoms with Gasteiger partial charge in [0.2, 0.25) is 0 Å². The minimum absolute atomic E-state index is 0.116. The summed E-state index contributed by atoms with van der Waals surface area (Å²) in [6.45, 7) is -0.253. The van der Waals surface area contributed by atoms with E-state index in [2.05, 4.69) is 10.3 Å². The molecule has 2 aromatic carbocycles. The molecule has 150 valence electrons. The van der Waals surface area contributed by atoms with E-state index in [0.717, 1.165) is 11.0 Å². The minimum atomic E-state index is -0.583. The summed E-state index contributed by atoms with van der Waals surface area (Å²) in [6.07, 6.45) is 1.47. The molecule has 6 nitrogen and oxygen atoms in total. The second kappa shape index (κ2) is 7.85. The molecule has 0 bridgehead atoms. The predicted molar refractivity (Wildman–Crippen MR) is 109 cm³/mol. The number of aromatic nitrogens is 1. The summed E-state index contributed by atoms with van der Waals surface area (Å²) in [5.74, 6) is -2.26. The van der Waals surface area contributed by atoms with Crippen molar-refractivity contribution >= 4 is 46.6 Å². The lowest BCUT2D eigenvalue weighted by Crippen LogP contribution is -2.29. The quantitative estimate of drug-likeness (QED) is 0.598. The first-order valence-electron chi connectivity index (χ1n) is 8.71. The number of nitrogens with one attached hydrogen (secondary N) is 1. The Bertz CT molecular complexity index is 1160. The first kappa shape index (κ1) is 20.0. The number of imide groups is 1. The number of pyridine rings is 1. The van der Waals surface area contributed by atoms with Crippen molar-refractivity contribution in [2.75, 3.05) is 5.32 Å². The van der Waals surface area contributed by atoms with Gasteiger partial charge in [0, 0.05) is 11.9 Å². The zero-order valence-corrected chi connectivity index (χ0v) is 16.7. The maximum atomic E-state index is 13.9. The zero-order valence-electron chi connectivity index (χ0n) is 15.2. The lowest BCUT2D eigenvalue weighted by molar-refractivity contribution is 0.0642. The zero-order chi connectivity index (χ0) is 21.4. The van der Waals surface area contributed by atoms with Gasteiger partial charge in [-0.05, 0) is 48.0 Å². The Hall–Kier alpha value is -3.29. The molecule has 0 saturated heterocycles. The molecular weight excluding hydrogens is 432 g/mol. The lowest BCUT2D eigenvalue weighted by Gasteiger charge is -2.17. The van der Waals surface area contributed by atoms with Crippen LogP contribution >= 0.6 is 23.2 Å². The van der Waals surface area contributed by atoms with Gasteiger partial charge in [-0.15, -0.1) is 0 Å². The third-order valence-corrected chi connectivity index (χ3v) is 5.28. The van der Waals surface area contributed by atoms with Crippen LogP contribution in [-0.2, 0) is 6.54 Å². The largest absolute Gasteiger partial charge is 0.320 e. The number of rotatable bonds is 4. The molecule has 0 unspecified atom stereocenters. The Labute approximate surface area is 180 Å². The molecule has 0 aliphatic carbocycles. The van der Waals surface area contributed by atoms with Gasteiger partial charge in [-0.3, -0.25) is 24.3 Å². The number of hydrogen-bond acceptors (Lipinski definition) is 4. The highest BCUT2D eigenvalue weighted by Crippen LogP contribution is 2.33. The molecule has 4 rings (SSSR count). The summed E-state index contributed by atoms with van der Waals surface area (Å²) in [6, 6.07) is 11.2. The van der Waals surface area contributed by atoms with E-state index in [1.807, 2.05) is 0 Å². The first-order valence-corrected chi connectivity index (χ1v) is 9.47. The van der Waals surface area contributed by atoms with Crippen LogP contribution in [0.1, 0.15) is 36.8 Å². The smallest absolute Gasteiger partial charge is 0.274 e. The van der Waals surface area contributed by atoms with E-state index in [4.69, 9.17) is 23.2 Å². The molecule has 3 aromatic rings. The number of benzene rings is 2. The number of carbonyl (C=O) groups excluding carboxylic acids is 3. The van der Waals surface area contributed by atoms with Gasteiger partial charge in [0.15, 0.2) is 0 Å². The van der Waals surface area contributed by atoms with Crippen molar-refractivity contribution in [3.63, 3.8) is 0 Å². The van der Waals surface area contributed by atoms with Crippen molar-refractivity contribution < 1.29 is 18.8 Å². The molecule has 1 aliphatic rings. The highest BCUT2D eigenvalue weighted by Gasteiger charge is 2.36. The van der Waals surface area contributed by atoms with Crippen molar-refractivity contribution in [2.24, 2.45) is 0 Å². The van der Waals surface area contributed by atoms with Crippen molar-refractivity contribution in [1.82, 2.24) is 9.88 Å². The maximum absolute atomic E-state index is 13.9. The van der Waals surface area contributed by atoms with Gasteiger partial charge < -0.3 is 5.32 Å². The molecule has 1 aliphatic heterocycles. The summed E-state index contributed by atoms with van der Waals surface area (Å²) in [5, 5.41) is 2.93. The number of amides is 3. The molecule has 0 radical (unpaired) electrons. The molecule has 0 spiro atoms. The van der Waals surface area contributed by atoms with Crippen LogP contribution in [0.5, 0.6) is 0 Å². The van der Waals surface area contributed by atoms with Gasteiger partial charge in [0.25, 0.3) is 17.7 Å². The van der Waals surface area contributed by atoms with Crippen LogP contribution in [0, 0.1) is 5.82 Å². The number of halogens is 3. The van der Waals surface area contributed by atoms with E-state index in [9.17, 15) is 18.8 Å². The normalized spacial score (nSPS) is 12.8. The molecule has 2 heterocycles. The summed E-state index contributed by atoms with van der Waals surface area (Å²) in [7, 11) is 0. The van der Waals surface area contributed by atoms with Crippen molar-refractivity contribution in [2.45, 2.75) is 6.54 Å². The Kier molecular flexibility index (Phi) is 5.24. The Balaban J connectivity index is 1.64. The number of carbonyl (C=O) groups is 3. The Morgan fingerprint density at radius 1 is 1.00 bits per heavy atom. The number of hydrogen-bond donors (Lipinski definition) is 1. The average molecular weight is 444 g/mol. The van der Waals surface area contributed by atoms with Gasteiger partial charge >= 0.3 is 0 Å². The SMILES string of the molecule is O=C(Nc1ccc(F)cc1CN1C(=O)c2cc(Cl)c(Cl)cc2C1=O)c1ccccn1. The molecule has 9 heteroatoms. The van der Waals surface area contributed by atoms with Crippen LogP contribution in [0.25, 0.3) is 0 Å². The lowest BCUT2D eigenvalue weighted by atomic mass is 10.1. The van der Waals surface area contributed by atoms with Crippen molar-refractivity contribution in [1.29, 1.82) is 0 Å². The second-order valence-corrected chi connectivity index (χ2v) is 7.29. The molecule has 0 fully saturated rings. The number of fused-ring (bicyclic) bond motifs is 1. The van der Waals surface area contributed by atoms with Crippen LogP contribution in [0.2, 0.25) is 10.0 Å². The first-order chi connectivity index (χ1) is 14.3. The highest BCUT2D eigenvalue weighted by atomic mass is 35.5. The number of anilines is 1. The molecule has 1 aromatic heterocycles. The molecule has 3 amide bonds. The molecule has 0 saturated carbocycles. The summed E-state index contributed by atoms with van der Waals surface area (Å²) in [4.78, 5) is 42.8. The van der Waals surface area contributed by atoms with E-state index in [-0.39, 0.29) is 44.7 Å². The van der Waals surface area contributed by atoms with Crippen LogP contribution in [0.3, 0.4) is 0 Å². The van der Waals surface area contributed by atoms with Gasteiger partial charge in [-0.1, -0.05) is 29.3 Å². The Morgan fingerprint density at radius 3 is 2.27 bits per heavy atom. The molecule has 0 atom stereocenters. The minimum Gasteiger partial charge on any atom is -0.320 e. The van der Waals surface area contributed by atoms with Crippen molar-refractivity contribution in [3.8, 4) is 0 Å². The average Bonchev–Trinajstić information content (AvgIpc) is 2.95. The molecular formula is C21H12Cl2FN3O3. The highest BCUT2D eigenvalue weighted by molar-refractivity contribution is 6.43. The van der Waals surface area contributed by atoms with E-state index < -0.39 is 23.5 Å². The van der Waals surface area contributed by atoms with Crippen LogP contribution in [0.15, 0.2) is 54.7 Å². The second-order valence-electron chi connectivity index (χ2n) is 6.48. The van der Waals surface area contributed by atoms with Gasteiger partial charge in [0.1, 0.15) is 11.5 Å². The molecule has 30 heavy (non-hydrogen) atoms. The van der Waals surface area contributed by atoms with Gasteiger partial charge in [-0.25, -0.2) is 4.39 Å². The Morgan fingerprint density at radius 2 is 1.67 bits per heavy atom. The van der Waals surface area contributed by atoms with E-state index in [1.54, 1.807) is 12.1 Å². The maximum Gasteiger partial charge on any atom is 0.274 e. The fourth-order valence-corrected chi connectivity index (χ4v) is 3.42. The van der Waals surface area contributed by atoms with Crippen LogP contribution in [0.4, 0.5) is 10.1 Å². The van der Waals surface area contributed by atoms with E-state index in [1.165, 1.54) is 36.5 Å². The summed E-state index contributed by atoms with van der Waals surface area (Å²) >= 11 is 11.9. The van der Waals surface area contributed by atoms with Crippen molar-refractivity contribution in [3.05, 3.63) is 93.0 Å². The fraction of sp³-hybridized carbons (Fsp3) is 0.0476. The number of nitrogens with zero attached hydrogens (tertiary/aromatic N) is 2. The topological polar surface area (TPSA) is 79.4 Å². The van der Waals surface area contributed by atoms with Crippen LogP contribution < -0.4 is 5.32 Å². The fourth-order valence-electron chi connectivity index (χ4n) is 3.10. The van der Waals surface area contributed by atoms with E-state index in [0.29, 0.717) is 0 Å². The van der Waals surface area contributed by atoms with Gasteiger partial charge in [-0.2, -0.15) is 0 Å². The van der Waals surface area contributed by atoms with E-state index >= 15 is 0 Å². The third kappa shape index (κ3) is 3.65. The monoisotopic (exact) mass is 443 g/mol.